The van der Waals surface area contributed by atoms with Crippen molar-refractivity contribution in [3.05, 3.63) is 20.3 Å². The van der Waals surface area contributed by atoms with Crippen molar-refractivity contribution in [3.8, 4) is 0 Å². The Labute approximate surface area is 122 Å². The summed E-state index contributed by atoms with van der Waals surface area (Å²) >= 11 is 12.0. The molecule has 0 nitrogen and oxygen atoms in total. The molecule has 2 rings (SSSR count). The lowest BCUT2D eigenvalue weighted by atomic mass is 9.86. The van der Waals surface area contributed by atoms with Gasteiger partial charge in [-0.25, -0.2) is 0 Å². The Morgan fingerprint density at radius 1 is 1.41 bits per heavy atom. The van der Waals surface area contributed by atoms with E-state index < -0.39 is 0 Å². The van der Waals surface area contributed by atoms with Crippen LogP contribution in [0.15, 0.2) is 10.5 Å². The van der Waals surface area contributed by atoms with E-state index in [1.807, 2.05) is 11.3 Å². The van der Waals surface area contributed by atoms with Crippen LogP contribution in [0.1, 0.15) is 60.1 Å². The topological polar surface area (TPSA) is 0 Å². The molecule has 0 spiro atoms. The van der Waals surface area contributed by atoms with E-state index in [1.54, 1.807) is 0 Å². The van der Waals surface area contributed by atoms with E-state index >= 15 is 0 Å². The minimum Gasteiger partial charge on any atom is -0.143 e. The molecule has 1 aliphatic carbocycles. The Morgan fingerprint density at radius 2 is 2.12 bits per heavy atom. The summed E-state index contributed by atoms with van der Waals surface area (Å²) in [6.07, 6.45) is 9.58. The predicted octanol–water partition coefficient (Wildman–Crippen LogP) is 6.46. The lowest BCUT2D eigenvalue weighted by molar-refractivity contribution is 0.331. The van der Waals surface area contributed by atoms with E-state index in [0.717, 1.165) is 12.3 Å². The van der Waals surface area contributed by atoms with Crippen LogP contribution in [0.4, 0.5) is 0 Å². The summed E-state index contributed by atoms with van der Waals surface area (Å²) in [4.78, 5) is 2.66. The molecule has 96 valence electrons. The van der Waals surface area contributed by atoms with E-state index in [4.69, 9.17) is 11.6 Å². The van der Waals surface area contributed by atoms with Gasteiger partial charge < -0.3 is 0 Å². The standard InChI is InChI=1S/C14H20BrClS/c1-10-9-12(15)14(17-10)13(16)8-7-11-5-3-2-4-6-11/h9,11,13H,2-8H2,1H3. The summed E-state index contributed by atoms with van der Waals surface area (Å²) in [5, 5.41) is 0.199. The Morgan fingerprint density at radius 3 is 2.71 bits per heavy atom. The SMILES string of the molecule is Cc1cc(Br)c(C(Cl)CCC2CCCCC2)s1. The molecular formula is C14H20BrClS. The average molecular weight is 336 g/mol. The molecule has 1 saturated carbocycles. The Bertz CT molecular complexity index is 355. The monoisotopic (exact) mass is 334 g/mol. The highest BCUT2D eigenvalue weighted by Gasteiger charge is 2.18. The van der Waals surface area contributed by atoms with E-state index in [1.165, 1.54) is 52.8 Å². The highest BCUT2D eigenvalue weighted by atomic mass is 79.9. The van der Waals surface area contributed by atoms with Gasteiger partial charge in [0.15, 0.2) is 0 Å². The van der Waals surface area contributed by atoms with Crippen LogP contribution >= 0.6 is 38.9 Å². The largest absolute Gasteiger partial charge is 0.143 e. The van der Waals surface area contributed by atoms with Gasteiger partial charge in [0.25, 0.3) is 0 Å². The summed E-state index contributed by atoms with van der Waals surface area (Å²) in [6, 6.07) is 2.18. The molecule has 1 fully saturated rings. The first-order valence-electron chi connectivity index (χ1n) is 6.56. The van der Waals surface area contributed by atoms with Gasteiger partial charge in [0.1, 0.15) is 0 Å². The van der Waals surface area contributed by atoms with Gasteiger partial charge in [0.2, 0.25) is 0 Å². The van der Waals surface area contributed by atoms with Crippen LogP contribution in [0.25, 0.3) is 0 Å². The molecule has 17 heavy (non-hydrogen) atoms. The summed E-state index contributed by atoms with van der Waals surface area (Å²) < 4.78 is 1.20. The van der Waals surface area contributed by atoms with Crippen molar-refractivity contribution in [1.82, 2.24) is 0 Å². The van der Waals surface area contributed by atoms with Gasteiger partial charge in [-0.05, 0) is 47.7 Å². The number of rotatable bonds is 4. The maximum absolute atomic E-state index is 6.52. The molecule has 1 heterocycles. The zero-order chi connectivity index (χ0) is 12.3. The molecule has 1 unspecified atom stereocenters. The number of halogens is 2. The second-order valence-corrected chi connectivity index (χ2v) is 7.79. The van der Waals surface area contributed by atoms with Crippen molar-refractivity contribution in [3.63, 3.8) is 0 Å². The first-order chi connectivity index (χ1) is 8.16. The zero-order valence-corrected chi connectivity index (χ0v) is 13.5. The second kappa shape index (κ2) is 6.58. The molecule has 0 aliphatic heterocycles. The normalized spacial score (nSPS) is 19.5. The van der Waals surface area contributed by atoms with Crippen LogP contribution in [0.3, 0.4) is 0 Å². The predicted molar refractivity (Wildman–Crippen MR) is 81.2 cm³/mol. The van der Waals surface area contributed by atoms with Gasteiger partial charge in [-0.2, -0.15) is 0 Å². The van der Waals surface area contributed by atoms with Gasteiger partial charge >= 0.3 is 0 Å². The minimum atomic E-state index is 0.199. The Hall–Kier alpha value is 0.470. The first-order valence-corrected chi connectivity index (χ1v) is 8.61. The van der Waals surface area contributed by atoms with Crippen molar-refractivity contribution in [2.24, 2.45) is 5.92 Å². The Balaban J connectivity index is 1.84. The van der Waals surface area contributed by atoms with Crippen molar-refractivity contribution >= 4 is 38.9 Å². The maximum atomic E-state index is 6.52. The third-order valence-corrected chi connectivity index (χ3v) is 6.32. The van der Waals surface area contributed by atoms with Gasteiger partial charge in [-0.3, -0.25) is 0 Å². The number of aryl methyl sites for hydroxylation is 1. The number of thiophene rings is 1. The second-order valence-electron chi connectivity index (χ2n) is 5.12. The van der Waals surface area contributed by atoms with Crippen LogP contribution in [-0.4, -0.2) is 0 Å². The number of alkyl halides is 1. The molecule has 0 saturated heterocycles. The third-order valence-electron chi connectivity index (χ3n) is 3.67. The number of hydrogen-bond acceptors (Lipinski definition) is 1. The fourth-order valence-electron chi connectivity index (χ4n) is 2.70. The summed E-state index contributed by atoms with van der Waals surface area (Å²) in [5.74, 6) is 0.935. The fourth-order valence-corrected chi connectivity index (χ4v) is 5.15. The van der Waals surface area contributed by atoms with Crippen LogP contribution < -0.4 is 0 Å². The van der Waals surface area contributed by atoms with Gasteiger partial charge in [-0.15, -0.1) is 22.9 Å². The lowest BCUT2D eigenvalue weighted by Crippen LogP contribution is -2.06. The van der Waals surface area contributed by atoms with Crippen LogP contribution in [0.5, 0.6) is 0 Å². The molecule has 3 heteroatoms. The fraction of sp³-hybridized carbons (Fsp3) is 0.714. The van der Waals surface area contributed by atoms with Crippen molar-refractivity contribution in [2.75, 3.05) is 0 Å². The summed E-state index contributed by atoms with van der Waals surface area (Å²) in [5.41, 5.74) is 0. The van der Waals surface area contributed by atoms with Crippen molar-refractivity contribution < 1.29 is 0 Å². The highest BCUT2D eigenvalue weighted by Crippen LogP contribution is 2.39. The minimum absolute atomic E-state index is 0.199. The average Bonchev–Trinajstić information content (AvgIpc) is 2.67. The van der Waals surface area contributed by atoms with E-state index in [0.29, 0.717) is 0 Å². The van der Waals surface area contributed by atoms with Crippen LogP contribution in [0, 0.1) is 12.8 Å². The van der Waals surface area contributed by atoms with Crippen molar-refractivity contribution in [2.45, 2.75) is 57.2 Å². The molecule has 0 bridgehead atoms. The molecule has 0 amide bonds. The number of hydrogen-bond donors (Lipinski definition) is 0. The highest BCUT2D eigenvalue weighted by molar-refractivity contribution is 9.10. The molecule has 0 N–H and O–H groups in total. The molecule has 1 aliphatic rings. The quantitative estimate of drug-likeness (QED) is 0.554. The van der Waals surface area contributed by atoms with Gasteiger partial charge in [0.05, 0.1) is 5.38 Å². The van der Waals surface area contributed by atoms with E-state index in [2.05, 4.69) is 28.9 Å². The third kappa shape index (κ3) is 3.97. The van der Waals surface area contributed by atoms with Crippen LogP contribution in [0.2, 0.25) is 0 Å². The zero-order valence-electron chi connectivity index (χ0n) is 10.3. The van der Waals surface area contributed by atoms with Gasteiger partial charge in [0, 0.05) is 14.2 Å². The van der Waals surface area contributed by atoms with Crippen LogP contribution in [-0.2, 0) is 0 Å². The van der Waals surface area contributed by atoms with E-state index in [9.17, 15) is 0 Å². The molecule has 0 aromatic carbocycles. The smallest absolute Gasteiger partial charge is 0.0690 e. The van der Waals surface area contributed by atoms with E-state index in [-0.39, 0.29) is 5.38 Å². The summed E-state index contributed by atoms with van der Waals surface area (Å²) in [6.45, 7) is 2.14. The summed E-state index contributed by atoms with van der Waals surface area (Å²) in [7, 11) is 0. The lowest BCUT2D eigenvalue weighted by Gasteiger charge is -2.22. The Kier molecular flexibility index (Phi) is 5.38. The molecule has 1 aromatic heterocycles. The molecule has 1 atom stereocenters. The maximum Gasteiger partial charge on any atom is 0.0690 e. The molecule has 1 aromatic rings. The van der Waals surface area contributed by atoms with Gasteiger partial charge in [-0.1, -0.05) is 32.1 Å². The molecular weight excluding hydrogens is 316 g/mol. The van der Waals surface area contributed by atoms with Crippen molar-refractivity contribution in [1.29, 1.82) is 0 Å². The molecule has 0 radical (unpaired) electrons. The first kappa shape index (κ1) is 13.9.